The second-order valence-corrected chi connectivity index (χ2v) is 6.53. The Balaban J connectivity index is 1.80. The van der Waals surface area contributed by atoms with E-state index in [1.165, 1.54) is 6.42 Å². The number of rotatable bonds is 6. The number of hydrogen-bond acceptors (Lipinski definition) is 4. The molecule has 1 aliphatic carbocycles. The minimum atomic E-state index is -0.773. The smallest absolute Gasteiger partial charge is 0.311 e. The number of esters is 1. The Kier molecular flexibility index (Phi) is 6.64. The number of ether oxygens (including phenoxy) is 2. The number of methoxy groups -OCH3 is 1. The first kappa shape index (κ1) is 18.3. The average Bonchev–Trinajstić information content (AvgIpc) is 2.57. The van der Waals surface area contributed by atoms with Gasteiger partial charge in [-0.1, -0.05) is 31.9 Å². The number of nitrogens with one attached hydrogen (secondary N) is 1. The van der Waals surface area contributed by atoms with Crippen molar-refractivity contribution in [2.24, 2.45) is 5.92 Å². The van der Waals surface area contributed by atoms with Gasteiger partial charge in [-0.2, -0.15) is 0 Å². The molecule has 1 aromatic rings. The van der Waals surface area contributed by atoms with Crippen LogP contribution in [0.25, 0.3) is 0 Å². The molecule has 3 atom stereocenters. The second-order valence-electron chi connectivity index (χ2n) is 6.53. The maximum absolute atomic E-state index is 12.2. The van der Waals surface area contributed by atoms with E-state index in [-0.39, 0.29) is 18.4 Å². The van der Waals surface area contributed by atoms with E-state index in [0.717, 1.165) is 30.6 Å². The summed E-state index contributed by atoms with van der Waals surface area (Å²) in [5.74, 6) is 0.600. The molecule has 0 heterocycles. The zero-order valence-corrected chi connectivity index (χ0v) is 14.7. The van der Waals surface area contributed by atoms with E-state index in [1.807, 2.05) is 12.1 Å². The van der Waals surface area contributed by atoms with Crippen molar-refractivity contribution in [3.63, 3.8) is 0 Å². The topological polar surface area (TPSA) is 64.6 Å². The van der Waals surface area contributed by atoms with Crippen LogP contribution < -0.4 is 10.1 Å². The van der Waals surface area contributed by atoms with Gasteiger partial charge in [0.2, 0.25) is 0 Å². The molecule has 1 saturated carbocycles. The van der Waals surface area contributed by atoms with Crippen molar-refractivity contribution >= 4 is 11.9 Å². The number of benzene rings is 1. The molecule has 0 aliphatic heterocycles. The van der Waals surface area contributed by atoms with Crippen LogP contribution in [0.5, 0.6) is 5.75 Å². The molecular weight excluding hydrogens is 306 g/mol. The van der Waals surface area contributed by atoms with Gasteiger partial charge in [0.25, 0.3) is 5.91 Å². The molecule has 0 bridgehead atoms. The Hall–Kier alpha value is -2.04. The normalized spacial score (nSPS) is 21.6. The predicted molar refractivity (Wildman–Crippen MR) is 91.8 cm³/mol. The lowest BCUT2D eigenvalue weighted by Crippen LogP contribution is -2.46. The number of carbonyl (C=O) groups excluding carboxylic acids is 2. The van der Waals surface area contributed by atoms with Crippen LogP contribution in [0.2, 0.25) is 0 Å². The van der Waals surface area contributed by atoms with Crippen molar-refractivity contribution < 1.29 is 19.1 Å². The van der Waals surface area contributed by atoms with E-state index in [2.05, 4.69) is 12.2 Å². The Morgan fingerprint density at radius 3 is 2.50 bits per heavy atom. The minimum Gasteiger partial charge on any atom is -0.497 e. The molecule has 0 radical (unpaired) electrons. The van der Waals surface area contributed by atoms with E-state index < -0.39 is 12.1 Å². The van der Waals surface area contributed by atoms with Gasteiger partial charge in [0.15, 0.2) is 6.10 Å². The lowest BCUT2D eigenvalue weighted by atomic mass is 9.86. The highest BCUT2D eigenvalue weighted by atomic mass is 16.5. The summed E-state index contributed by atoms with van der Waals surface area (Å²) in [6.45, 7) is 3.78. The molecule has 5 heteroatoms. The Labute approximate surface area is 143 Å². The molecule has 1 N–H and O–H groups in total. The van der Waals surface area contributed by atoms with Crippen molar-refractivity contribution in [1.82, 2.24) is 5.32 Å². The maximum Gasteiger partial charge on any atom is 0.311 e. The third kappa shape index (κ3) is 5.25. The van der Waals surface area contributed by atoms with Crippen LogP contribution in [-0.2, 0) is 20.7 Å². The molecule has 1 aromatic carbocycles. The Morgan fingerprint density at radius 2 is 1.88 bits per heavy atom. The summed E-state index contributed by atoms with van der Waals surface area (Å²) >= 11 is 0. The molecule has 24 heavy (non-hydrogen) atoms. The van der Waals surface area contributed by atoms with E-state index in [9.17, 15) is 9.59 Å². The summed E-state index contributed by atoms with van der Waals surface area (Å²) in [5, 5.41) is 3.02. The molecule has 132 valence electrons. The van der Waals surface area contributed by atoms with E-state index in [0.29, 0.717) is 5.92 Å². The fraction of sp³-hybridized carbons (Fsp3) is 0.579. The van der Waals surface area contributed by atoms with Gasteiger partial charge in [0.05, 0.1) is 13.5 Å². The SMILES string of the molecule is COc1ccc(CC(=O)O[C@@H](C)C(=O)N[C@@H]2CCCC[C@@H]2C)cc1. The zero-order valence-electron chi connectivity index (χ0n) is 14.7. The van der Waals surface area contributed by atoms with E-state index in [4.69, 9.17) is 9.47 Å². The molecular formula is C19H27NO4. The monoisotopic (exact) mass is 333 g/mol. The van der Waals surface area contributed by atoms with Crippen LogP contribution >= 0.6 is 0 Å². The molecule has 0 aromatic heterocycles. The third-order valence-electron chi connectivity index (χ3n) is 4.62. The molecule has 5 nitrogen and oxygen atoms in total. The van der Waals surface area contributed by atoms with Gasteiger partial charge in [-0.3, -0.25) is 9.59 Å². The fourth-order valence-corrected chi connectivity index (χ4v) is 3.03. The van der Waals surface area contributed by atoms with Crippen molar-refractivity contribution in [3.8, 4) is 5.75 Å². The highest BCUT2D eigenvalue weighted by Gasteiger charge is 2.26. The van der Waals surface area contributed by atoms with Crippen LogP contribution in [0.1, 0.15) is 45.1 Å². The summed E-state index contributed by atoms with van der Waals surface area (Å²) in [6.07, 6.45) is 3.86. The molecule has 0 unspecified atom stereocenters. The van der Waals surface area contributed by atoms with Gasteiger partial charge >= 0.3 is 5.97 Å². The van der Waals surface area contributed by atoms with Gasteiger partial charge in [0, 0.05) is 6.04 Å². The van der Waals surface area contributed by atoms with E-state index >= 15 is 0 Å². The first-order valence-corrected chi connectivity index (χ1v) is 8.62. The molecule has 1 fully saturated rings. The first-order chi connectivity index (χ1) is 11.5. The third-order valence-corrected chi connectivity index (χ3v) is 4.62. The van der Waals surface area contributed by atoms with Crippen molar-refractivity contribution in [2.75, 3.05) is 7.11 Å². The summed E-state index contributed by atoms with van der Waals surface area (Å²) < 4.78 is 10.3. The highest BCUT2D eigenvalue weighted by Crippen LogP contribution is 2.23. The zero-order chi connectivity index (χ0) is 17.5. The summed E-state index contributed by atoms with van der Waals surface area (Å²) in [5.41, 5.74) is 0.828. The van der Waals surface area contributed by atoms with Gasteiger partial charge < -0.3 is 14.8 Å². The number of carbonyl (C=O) groups is 2. The van der Waals surface area contributed by atoms with Crippen LogP contribution in [0, 0.1) is 5.92 Å². The molecule has 0 saturated heterocycles. The van der Waals surface area contributed by atoms with Crippen LogP contribution in [0.15, 0.2) is 24.3 Å². The van der Waals surface area contributed by atoms with Gasteiger partial charge in [-0.25, -0.2) is 0 Å². The van der Waals surface area contributed by atoms with Gasteiger partial charge in [-0.05, 0) is 43.4 Å². The second kappa shape index (κ2) is 8.71. The quantitative estimate of drug-likeness (QED) is 0.813. The fourth-order valence-electron chi connectivity index (χ4n) is 3.03. The molecule has 0 spiro atoms. The first-order valence-electron chi connectivity index (χ1n) is 8.62. The maximum atomic E-state index is 12.2. The molecule has 2 rings (SSSR count). The summed E-state index contributed by atoms with van der Waals surface area (Å²) in [7, 11) is 1.59. The molecule has 1 amide bonds. The van der Waals surface area contributed by atoms with Crippen LogP contribution in [0.3, 0.4) is 0 Å². The van der Waals surface area contributed by atoms with Crippen molar-refractivity contribution in [3.05, 3.63) is 29.8 Å². The number of hydrogen-bond donors (Lipinski definition) is 1. The summed E-state index contributed by atoms with van der Waals surface area (Å²) in [4.78, 5) is 24.2. The average molecular weight is 333 g/mol. The van der Waals surface area contributed by atoms with Gasteiger partial charge in [-0.15, -0.1) is 0 Å². The van der Waals surface area contributed by atoms with Crippen molar-refractivity contribution in [2.45, 2.75) is 58.1 Å². The standard InChI is InChI=1S/C19H27NO4/c1-13-6-4-5-7-17(13)20-19(22)14(2)24-18(21)12-15-8-10-16(23-3)11-9-15/h8-11,13-14,17H,4-7,12H2,1-3H3,(H,20,22)/t13-,14-,17+/m0/s1. The van der Waals surface area contributed by atoms with Crippen LogP contribution in [-0.4, -0.2) is 31.1 Å². The van der Waals surface area contributed by atoms with Gasteiger partial charge in [0.1, 0.15) is 5.75 Å². The lowest BCUT2D eigenvalue weighted by molar-refractivity contribution is -0.154. The van der Waals surface area contributed by atoms with E-state index in [1.54, 1.807) is 26.2 Å². The highest BCUT2D eigenvalue weighted by molar-refractivity contribution is 5.84. The Bertz CT molecular complexity index is 555. The summed E-state index contributed by atoms with van der Waals surface area (Å²) in [6, 6.07) is 7.41. The van der Waals surface area contributed by atoms with Crippen LogP contribution in [0.4, 0.5) is 0 Å². The van der Waals surface area contributed by atoms with Crippen molar-refractivity contribution in [1.29, 1.82) is 0 Å². The molecule has 1 aliphatic rings. The number of amides is 1. The minimum absolute atomic E-state index is 0.140. The largest absolute Gasteiger partial charge is 0.497 e. The lowest BCUT2D eigenvalue weighted by Gasteiger charge is -2.30. The predicted octanol–water partition coefficient (Wildman–Crippen LogP) is 2.86. The Morgan fingerprint density at radius 1 is 1.21 bits per heavy atom.